The molecule has 12 heteroatoms. The first-order chi connectivity index (χ1) is 15.3. The summed E-state index contributed by atoms with van der Waals surface area (Å²) in [5.74, 6) is -0.315. The number of thioether (sulfide) groups is 1. The van der Waals surface area contributed by atoms with Gasteiger partial charge in [-0.25, -0.2) is 27.5 Å². The molecule has 2 aromatic rings. The number of hydrogen-bond donors (Lipinski definition) is 2. The maximum absolute atomic E-state index is 14.4. The van der Waals surface area contributed by atoms with Crippen molar-refractivity contribution in [3.63, 3.8) is 0 Å². The summed E-state index contributed by atoms with van der Waals surface area (Å²) in [5.41, 5.74) is 5.83. The van der Waals surface area contributed by atoms with E-state index in [4.69, 9.17) is 16.9 Å². The summed E-state index contributed by atoms with van der Waals surface area (Å²) in [4.78, 5) is 24.4. The normalized spacial score (nSPS) is 17.3. The SMILES string of the molecule is C#CCOc1cnc(C(=O)Nc2cc(F)c(F)c(C3CC(C)SC(N)=N3)c2)cn1.FCF. The number of aromatic nitrogens is 2. The van der Waals surface area contributed by atoms with Gasteiger partial charge in [-0.2, -0.15) is 0 Å². The molecule has 3 rings (SSSR count). The number of halogens is 4. The summed E-state index contributed by atoms with van der Waals surface area (Å²) in [7, 11) is 0. The molecular weight excluding hydrogens is 450 g/mol. The van der Waals surface area contributed by atoms with Gasteiger partial charge in [0.15, 0.2) is 23.4 Å². The van der Waals surface area contributed by atoms with Crippen LogP contribution in [0.5, 0.6) is 5.88 Å². The second kappa shape index (κ2) is 11.9. The van der Waals surface area contributed by atoms with Gasteiger partial charge in [0.05, 0.1) is 18.4 Å². The van der Waals surface area contributed by atoms with Crippen LogP contribution in [-0.2, 0) is 0 Å². The quantitative estimate of drug-likeness (QED) is 0.510. The Kier molecular flexibility index (Phi) is 9.27. The Labute approximate surface area is 185 Å². The number of rotatable bonds is 5. The third-order valence-electron chi connectivity index (χ3n) is 4.00. The molecule has 1 aromatic heterocycles. The van der Waals surface area contributed by atoms with Gasteiger partial charge in [0.1, 0.15) is 5.69 Å². The minimum atomic E-state index is -1.75. The van der Waals surface area contributed by atoms with Gasteiger partial charge >= 0.3 is 0 Å². The van der Waals surface area contributed by atoms with E-state index in [1.54, 1.807) is 0 Å². The first-order valence-corrected chi connectivity index (χ1v) is 9.97. The van der Waals surface area contributed by atoms with Crippen LogP contribution in [0.15, 0.2) is 29.5 Å². The number of hydrogen-bond acceptors (Lipinski definition) is 7. The molecule has 7 nitrogen and oxygen atoms in total. The molecule has 2 unspecified atom stereocenters. The highest BCUT2D eigenvalue weighted by Gasteiger charge is 2.26. The number of terminal acetylenes is 1. The van der Waals surface area contributed by atoms with Crippen molar-refractivity contribution < 1.29 is 27.1 Å². The highest BCUT2D eigenvalue weighted by Crippen LogP contribution is 2.36. The number of nitrogens with one attached hydrogen (secondary N) is 1. The zero-order chi connectivity index (χ0) is 23.7. The van der Waals surface area contributed by atoms with Crippen LogP contribution in [0.1, 0.15) is 35.4 Å². The van der Waals surface area contributed by atoms with Crippen LogP contribution in [0.4, 0.5) is 23.2 Å². The van der Waals surface area contributed by atoms with Gasteiger partial charge in [0.2, 0.25) is 12.8 Å². The Bertz CT molecular complexity index is 1010. The fraction of sp³-hybridized carbons (Fsp3) is 0.300. The van der Waals surface area contributed by atoms with E-state index in [9.17, 15) is 22.4 Å². The van der Waals surface area contributed by atoms with E-state index in [2.05, 4.69) is 26.2 Å². The number of benzene rings is 1. The van der Waals surface area contributed by atoms with E-state index >= 15 is 0 Å². The number of nitrogens with two attached hydrogens (primary N) is 1. The number of aliphatic imine (C=N–C) groups is 1. The van der Waals surface area contributed by atoms with Crippen molar-refractivity contribution in [1.82, 2.24) is 9.97 Å². The van der Waals surface area contributed by atoms with Gasteiger partial charge in [0, 0.05) is 22.6 Å². The van der Waals surface area contributed by atoms with Gasteiger partial charge in [-0.3, -0.25) is 9.79 Å². The molecule has 0 bridgehead atoms. The number of alkyl halides is 2. The van der Waals surface area contributed by atoms with Crippen LogP contribution in [0.2, 0.25) is 0 Å². The van der Waals surface area contributed by atoms with Gasteiger partial charge in [0.25, 0.3) is 5.91 Å². The molecule has 1 amide bonds. The maximum Gasteiger partial charge on any atom is 0.275 e. The maximum atomic E-state index is 14.4. The Morgan fingerprint density at radius 1 is 1.34 bits per heavy atom. The molecule has 2 atom stereocenters. The zero-order valence-corrected chi connectivity index (χ0v) is 17.6. The fourth-order valence-electron chi connectivity index (χ4n) is 2.75. The predicted octanol–water partition coefficient (Wildman–Crippen LogP) is 3.78. The van der Waals surface area contributed by atoms with E-state index in [0.29, 0.717) is 11.6 Å². The van der Waals surface area contributed by atoms with Crippen molar-refractivity contribution in [2.24, 2.45) is 10.7 Å². The first kappa shape index (κ1) is 24.9. The van der Waals surface area contributed by atoms with Gasteiger partial charge in [-0.1, -0.05) is 24.6 Å². The minimum Gasteiger partial charge on any atom is -0.463 e. The number of anilines is 1. The van der Waals surface area contributed by atoms with Gasteiger partial charge in [-0.15, -0.1) is 6.42 Å². The van der Waals surface area contributed by atoms with E-state index in [-0.39, 0.29) is 34.7 Å². The molecule has 0 fully saturated rings. The van der Waals surface area contributed by atoms with Crippen molar-refractivity contribution in [3.05, 3.63) is 47.4 Å². The molecule has 0 saturated heterocycles. The van der Waals surface area contributed by atoms with Crippen molar-refractivity contribution in [2.45, 2.75) is 24.6 Å². The summed E-state index contributed by atoms with van der Waals surface area (Å²) in [5, 5.41) is 2.90. The van der Waals surface area contributed by atoms with Gasteiger partial charge in [-0.05, 0) is 12.5 Å². The first-order valence-electron chi connectivity index (χ1n) is 9.09. The topological polar surface area (TPSA) is 102 Å². The third-order valence-corrected chi connectivity index (χ3v) is 4.94. The van der Waals surface area contributed by atoms with E-state index < -0.39 is 30.5 Å². The molecule has 32 heavy (non-hydrogen) atoms. The summed E-state index contributed by atoms with van der Waals surface area (Å²) >= 11 is 1.37. The van der Waals surface area contributed by atoms with Crippen LogP contribution in [0, 0.1) is 24.0 Å². The number of carbonyl (C=O) groups is 1. The average molecular weight is 469 g/mol. The van der Waals surface area contributed by atoms with Gasteiger partial charge < -0.3 is 15.8 Å². The third kappa shape index (κ3) is 6.84. The van der Waals surface area contributed by atoms with Crippen LogP contribution >= 0.6 is 11.8 Å². The fourth-order valence-corrected chi connectivity index (χ4v) is 3.62. The average Bonchev–Trinajstić information content (AvgIpc) is 2.75. The Morgan fingerprint density at radius 2 is 2.06 bits per heavy atom. The van der Waals surface area contributed by atoms with Crippen molar-refractivity contribution in [2.75, 3.05) is 18.9 Å². The highest BCUT2D eigenvalue weighted by atomic mass is 32.2. The lowest BCUT2D eigenvalue weighted by Crippen LogP contribution is -2.22. The molecule has 0 spiro atoms. The molecule has 1 aromatic carbocycles. The molecule has 3 N–H and O–H groups in total. The van der Waals surface area contributed by atoms with E-state index in [0.717, 1.165) is 6.07 Å². The van der Waals surface area contributed by atoms with Crippen LogP contribution in [0.25, 0.3) is 0 Å². The lowest BCUT2D eigenvalue weighted by Gasteiger charge is -2.24. The van der Waals surface area contributed by atoms with Crippen LogP contribution in [-0.4, -0.2) is 39.8 Å². The summed E-state index contributed by atoms with van der Waals surface area (Å²) < 4.78 is 52.8. The van der Waals surface area contributed by atoms with Crippen molar-refractivity contribution in [3.8, 4) is 18.2 Å². The number of carbonyl (C=O) groups excluding carboxylic acids is 1. The number of amides is 1. The largest absolute Gasteiger partial charge is 0.463 e. The second-order valence-corrected chi connectivity index (χ2v) is 7.76. The predicted molar refractivity (Wildman–Crippen MR) is 114 cm³/mol. The van der Waals surface area contributed by atoms with Crippen LogP contribution < -0.4 is 15.8 Å². The van der Waals surface area contributed by atoms with E-state index in [1.165, 1.54) is 30.2 Å². The lowest BCUT2D eigenvalue weighted by molar-refractivity contribution is 0.102. The van der Waals surface area contributed by atoms with Crippen molar-refractivity contribution >= 4 is 28.5 Å². The minimum absolute atomic E-state index is 0.0170. The van der Waals surface area contributed by atoms with Crippen molar-refractivity contribution in [1.29, 1.82) is 0 Å². The molecule has 170 valence electrons. The Morgan fingerprint density at radius 3 is 2.66 bits per heavy atom. The highest BCUT2D eigenvalue weighted by molar-refractivity contribution is 8.14. The molecular formula is C20H19F4N5O2S. The monoisotopic (exact) mass is 469 g/mol. The zero-order valence-electron chi connectivity index (χ0n) is 16.8. The number of amidine groups is 1. The summed E-state index contributed by atoms with van der Waals surface area (Å²) in [6.45, 7) is 0.192. The van der Waals surface area contributed by atoms with Crippen LogP contribution in [0.3, 0.4) is 0 Å². The molecule has 2 heterocycles. The molecule has 0 aliphatic carbocycles. The van der Waals surface area contributed by atoms with E-state index in [1.807, 2.05) is 6.92 Å². The molecule has 1 aliphatic rings. The number of ether oxygens (including phenoxy) is 1. The smallest absolute Gasteiger partial charge is 0.275 e. The standard InChI is InChI=1S/C19H17F2N5O2S.CH2F2/c1-3-4-28-16-9-23-15(8-24-16)18(27)25-11-6-12(17(21)13(20)7-11)14-5-10(2)29-19(22)26-14;2-1-3/h1,6-10,14H,4-5H2,2H3,(H2,22,26)(H,25,27);1H2. The molecule has 1 aliphatic heterocycles. The summed E-state index contributed by atoms with van der Waals surface area (Å²) in [6, 6.07) is 1.60. The molecule has 0 saturated carbocycles. The Balaban J connectivity index is 0.00000114. The Hall–Kier alpha value is -3.33. The summed E-state index contributed by atoms with van der Waals surface area (Å²) in [6.07, 6.45) is 8.00. The number of nitrogens with zero attached hydrogens (tertiary/aromatic N) is 3. The lowest BCUT2D eigenvalue weighted by atomic mass is 10.0. The second-order valence-electron chi connectivity index (χ2n) is 6.30. The molecule has 0 radical (unpaired) electrons.